The highest BCUT2D eigenvalue weighted by Gasteiger charge is 2.17. The quantitative estimate of drug-likeness (QED) is 0.195. The molecule has 43 heavy (non-hydrogen) atoms. The van der Waals surface area contributed by atoms with Crippen molar-refractivity contribution in [2.24, 2.45) is 17.2 Å². The average Bonchev–Trinajstić information content (AvgIpc) is 2.96. The number of nitrogens with two attached hydrogens (primary N) is 3. The van der Waals surface area contributed by atoms with Gasteiger partial charge in [0.25, 0.3) is 0 Å². The van der Waals surface area contributed by atoms with Crippen LogP contribution in [0.1, 0.15) is 64.9 Å². The van der Waals surface area contributed by atoms with E-state index in [0.29, 0.717) is 22.6 Å². The number of hydrogen-bond donors (Lipinski definition) is 6. The van der Waals surface area contributed by atoms with Crippen molar-refractivity contribution in [3.8, 4) is 23.5 Å². The number of hydrogen-bond acceptors (Lipinski definition) is 8. The Kier molecular flexibility index (Phi) is 15.0. The monoisotopic (exact) mass is 593 g/mol. The Morgan fingerprint density at radius 2 is 1.23 bits per heavy atom. The van der Waals surface area contributed by atoms with Crippen LogP contribution in [0.2, 0.25) is 0 Å². The van der Waals surface area contributed by atoms with Crippen LogP contribution in [-0.4, -0.2) is 40.3 Å². The van der Waals surface area contributed by atoms with Gasteiger partial charge in [-0.05, 0) is 78.4 Å². The predicted molar refractivity (Wildman–Crippen MR) is 162 cm³/mol. The Morgan fingerprint density at radius 3 is 1.74 bits per heavy atom. The van der Waals surface area contributed by atoms with Crippen LogP contribution in [0.4, 0.5) is 0 Å². The second-order valence-corrected chi connectivity index (χ2v) is 9.39. The normalized spacial score (nSPS) is 11.9. The van der Waals surface area contributed by atoms with Gasteiger partial charge < -0.3 is 42.0 Å². The van der Waals surface area contributed by atoms with Gasteiger partial charge in [-0.2, -0.15) is 0 Å². The maximum absolute atomic E-state index is 10.8. The third kappa shape index (κ3) is 11.9. The standard InChI is InChI=1S/C12H13NO3.C11H15NO3.C9H11NO2/c1-3-6-16-9-5-4-8(2)10(7-9)11(13)12(14)15;1-7-3-4-8(15-2)5-9(7)10(12)6-11(13)14;1-6-4-2-3-5-7(6)8(10)9(11)12/h4-5,7,11H,13H2,1-2H3,(H,14,15);3-5,10H,6,12H2,1-2H3,(H,13,14);2-5,8H,10H2,1H3,(H,11,12). The molecule has 3 aromatic carbocycles. The van der Waals surface area contributed by atoms with Crippen molar-refractivity contribution >= 4 is 17.9 Å². The summed E-state index contributed by atoms with van der Waals surface area (Å²) in [5.74, 6) is 0.804. The van der Waals surface area contributed by atoms with Crippen molar-refractivity contribution in [2.45, 2.75) is 52.2 Å². The van der Waals surface area contributed by atoms with Crippen molar-refractivity contribution in [1.29, 1.82) is 0 Å². The largest absolute Gasteiger partial charge is 0.497 e. The van der Waals surface area contributed by atoms with E-state index in [4.69, 9.17) is 42.0 Å². The zero-order valence-corrected chi connectivity index (χ0v) is 24.8. The molecule has 0 bridgehead atoms. The second-order valence-electron chi connectivity index (χ2n) is 9.39. The minimum absolute atomic E-state index is 0.0754. The number of aryl methyl sites for hydroxylation is 3. The fourth-order valence-corrected chi connectivity index (χ4v) is 3.77. The Labute approximate surface area is 251 Å². The summed E-state index contributed by atoms with van der Waals surface area (Å²) < 4.78 is 10.1. The number of rotatable bonds is 9. The molecule has 3 unspecified atom stereocenters. The molecule has 0 aliphatic heterocycles. The molecule has 0 fully saturated rings. The van der Waals surface area contributed by atoms with Crippen LogP contribution >= 0.6 is 0 Å². The zero-order chi connectivity index (χ0) is 32.7. The smallest absolute Gasteiger partial charge is 0.325 e. The minimum Gasteiger partial charge on any atom is -0.497 e. The molecule has 3 atom stereocenters. The van der Waals surface area contributed by atoms with Crippen LogP contribution in [0.15, 0.2) is 60.7 Å². The van der Waals surface area contributed by atoms with E-state index >= 15 is 0 Å². The number of ether oxygens (including phenoxy) is 2. The highest BCUT2D eigenvalue weighted by molar-refractivity contribution is 5.76. The van der Waals surface area contributed by atoms with Gasteiger partial charge in [0.1, 0.15) is 29.7 Å². The number of carbonyl (C=O) groups is 3. The molecule has 0 radical (unpaired) electrons. The van der Waals surface area contributed by atoms with E-state index in [0.717, 1.165) is 22.3 Å². The molecule has 3 aromatic rings. The number of methoxy groups -OCH3 is 1. The van der Waals surface area contributed by atoms with Crippen molar-refractivity contribution < 1.29 is 39.2 Å². The maximum Gasteiger partial charge on any atom is 0.325 e. The summed E-state index contributed by atoms with van der Waals surface area (Å²) in [5.41, 5.74) is 21.5. The first kappa shape index (κ1) is 36.1. The van der Waals surface area contributed by atoms with Gasteiger partial charge in [0.05, 0.1) is 13.5 Å². The van der Waals surface area contributed by atoms with Crippen molar-refractivity contribution in [3.63, 3.8) is 0 Å². The van der Waals surface area contributed by atoms with Gasteiger partial charge in [-0.1, -0.05) is 42.3 Å². The highest BCUT2D eigenvalue weighted by atomic mass is 16.5. The van der Waals surface area contributed by atoms with Crippen LogP contribution in [0.25, 0.3) is 0 Å². The third-order valence-electron chi connectivity index (χ3n) is 6.19. The van der Waals surface area contributed by atoms with Gasteiger partial charge in [-0.3, -0.25) is 14.4 Å². The Morgan fingerprint density at radius 1 is 0.744 bits per heavy atom. The number of carboxylic acids is 3. The molecule has 0 amide bonds. The Hall–Kier alpha value is -4.89. The molecular formula is C32H39N3O8. The summed E-state index contributed by atoms with van der Waals surface area (Å²) in [6.45, 7) is 7.19. The fraction of sp³-hybridized carbons (Fsp3) is 0.281. The molecule has 0 saturated heterocycles. The van der Waals surface area contributed by atoms with E-state index in [1.54, 1.807) is 57.4 Å². The first-order chi connectivity index (χ1) is 20.2. The van der Waals surface area contributed by atoms with E-state index < -0.39 is 36.0 Å². The lowest BCUT2D eigenvalue weighted by Crippen LogP contribution is -2.21. The lowest BCUT2D eigenvalue weighted by Gasteiger charge is -2.13. The van der Waals surface area contributed by atoms with Gasteiger partial charge in [-0.25, -0.2) is 0 Å². The van der Waals surface area contributed by atoms with Crippen LogP contribution < -0.4 is 26.7 Å². The molecule has 0 aliphatic rings. The average molecular weight is 594 g/mol. The highest BCUT2D eigenvalue weighted by Crippen LogP contribution is 2.24. The summed E-state index contributed by atoms with van der Waals surface area (Å²) in [5, 5.41) is 26.1. The van der Waals surface area contributed by atoms with Crippen molar-refractivity contribution in [2.75, 3.05) is 7.11 Å². The fourth-order valence-electron chi connectivity index (χ4n) is 3.77. The lowest BCUT2D eigenvalue weighted by atomic mass is 9.99. The molecular weight excluding hydrogens is 554 g/mol. The first-order valence-corrected chi connectivity index (χ1v) is 13.1. The van der Waals surface area contributed by atoms with Gasteiger partial charge in [0.15, 0.2) is 0 Å². The van der Waals surface area contributed by atoms with Gasteiger partial charge in [-0.15, -0.1) is 0 Å². The summed E-state index contributed by atoms with van der Waals surface area (Å²) >= 11 is 0. The molecule has 0 aromatic heterocycles. The summed E-state index contributed by atoms with van der Waals surface area (Å²) in [6, 6.07) is 15.3. The van der Waals surface area contributed by atoms with E-state index in [1.165, 1.54) is 0 Å². The van der Waals surface area contributed by atoms with Crippen molar-refractivity contribution in [1.82, 2.24) is 0 Å². The van der Waals surface area contributed by atoms with Gasteiger partial charge in [0, 0.05) is 13.0 Å². The molecule has 3 rings (SSSR count). The van der Waals surface area contributed by atoms with E-state index in [-0.39, 0.29) is 6.42 Å². The van der Waals surface area contributed by atoms with Gasteiger partial charge >= 0.3 is 17.9 Å². The molecule has 0 spiro atoms. The topological polar surface area (TPSA) is 208 Å². The molecule has 9 N–H and O–H groups in total. The van der Waals surface area contributed by atoms with Crippen LogP contribution in [-0.2, 0) is 14.4 Å². The van der Waals surface area contributed by atoms with Crippen LogP contribution in [0, 0.1) is 32.8 Å². The third-order valence-corrected chi connectivity index (χ3v) is 6.19. The van der Waals surface area contributed by atoms with E-state index in [2.05, 4.69) is 12.0 Å². The SMILES string of the molecule is CC#COc1ccc(C)c(C(N)C(=O)O)c1.COc1ccc(C)c(C(N)CC(=O)O)c1.Cc1ccccc1C(N)C(=O)O. The molecule has 11 nitrogen and oxygen atoms in total. The summed E-state index contributed by atoms with van der Waals surface area (Å²) in [4.78, 5) is 31.8. The maximum atomic E-state index is 10.8. The first-order valence-electron chi connectivity index (χ1n) is 13.1. The summed E-state index contributed by atoms with van der Waals surface area (Å²) in [7, 11) is 1.57. The number of aliphatic carboxylic acids is 3. The number of carboxylic acid groups (broad SMARTS) is 3. The van der Waals surface area contributed by atoms with Crippen LogP contribution in [0.3, 0.4) is 0 Å². The summed E-state index contributed by atoms with van der Waals surface area (Å²) in [6.07, 6.45) is 2.37. The van der Waals surface area contributed by atoms with Crippen LogP contribution in [0.5, 0.6) is 11.5 Å². The zero-order valence-electron chi connectivity index (χ0n) is 24.8. The molecule has 0 saturated carbocycles. The molecule has 11 heteroatoms. The Balaban J connectivity index is 0.000000326. The minimum atomic E-state index is -1.07. The van der Waals surface area contributed by atoms with Crippen molar-refractivity contribution in [3.05, 3.63) is 94.0 Å². The molecule has 0 heterocycles. The van der Waals surface area contributed by atoms with E-state index in [1.807, 2.05) is 38.1 Å². The number of benzene rings is 3. The lowest BCUT2D eigenvalue weighted by molar-refractivity contribution is -0.139. The molecule has 230 valence electrons. The van der Waals surface area contributed by atoms with Gasteiger partial charge in [0.2, 0.25) is 0 Å². The van der Waals surface area contributed by atoms with E-state index in [9.17, 15) is 14.4 Å². The second kappa shape index (κ2) is 17.8. The Bertz CT molecular complexity index is 1460. The predicted octanol–water partition coefficient (Wildman–Crippen LogP) is 4.00. The molecule has 0 aliphatic carbocycles.